The summed E-state index contributed by atoms with van der Waals surface area (Å²) < 4.78 is 3.11. The third-order valence-electron chi connectivity index (χ3n) is 4.82. The molecule has 118 valence electrons. The summed E-state index contributed by atoms with van der Waals surface area (Å²) in [5.74, 6) is 0.335. The van der Waals surface area contributed by atoms with Gasteiger partial charge in [-0.25, -0.2) is 9.36 Å². The molecule has 1 aromatic heterocycles. The minimum atomic E-state index is -0.211. The van der Waals surface area contributed by atoms with Crippen molar-refractivity contribution in [1.82, 2.24) is 9.13 Å². The number of aromatic nitrogens is 2. The number of hydrogen-bond donors (Lipinski definition) is 0. The number of imidazole rings is 1. The molecule has 0 spiro atoms. The van der Waals surface area contributed by atoms with Crippen molar-refractivity contribution in [2.75, 3.05) is 0 Å². The van der Waals surface area contributed by atoms with E-state index in [4.69, 9.17) is 0 Å². The summed E-state index contributed by atoms with van der Waals surface area (Å²) in [5, 5.41) is 0. The quantitative estimate of drug-likeness (QED) is 0.846. The highest BCUT2D eigenvalue weighted by Gasteiger charge is 2.19. The number of hydrogen-bond acceptors (Lipinski definition) is 2. The van der Waals surface area contributed by atoms with Crippen LogP contribution in [0.5, 0.6) is 0 Å². The van der Waals surface area contributed by atoms with Gasteiger partial charge in [0.05, 0.1) is 11.0 Å². The highest BCUT2D eigenvalue weighted by Crippen LogP contribution is 2.24. The molecule has 1 aromatic carbocycles. The smallest absolute Gasteiger partial charge is 0.291 e. The molecule has 0 saturated heterocycles. The largest absolute Gasteiger partial charge is 0.335 e. The summed E-state index contributed by atoms with van der Waals surface area (Å²) in [7, 11) is 0. The van der Waals surface area contributed by atoms with Gasteiger partial charge in [-0.3, -0.25) is 9.36 Å². The molecule has 0 amide bonds. The second kappa shape index (κ2) is 6.51. The van der Waals surface area contributed by atoms with E-state index in [2.05, 4.69) is 0 Å². The van der Waals surface area contributed by atoms with Crippen LogP contribution in [-0.2, 0) is 6.54 Å². The number of benzene rings is 1. The van der Waals surface area contributed by atoms with Crippen molar-refractivity contribution in [3.63, 3.8) is 0 Å². The number of carbonyl (C=O) groups is 1. The van der Waals surface area contributed by atoms with Crippen LogP contribution in [0.1, 0.15) is 56.7 Å². The van der Waals surface area contributed by atoms with E-state index >= 15 is 0 Å². The molecule has 2 aromatic rings. The standard InChI is InChI=1S/C18H24N2O2/c1-14(21)20-17-12-8-7-11-16(17)19(18(20)22)13-15-9-5-3-2-4-6-10-15/h7-8,11-12,15H,2-6,9-10,13H2,1H3. The normalized spacial score (nSPS) is 17.3. The number of para-hydroxylation sites is 2. The van der Waals surface area contributed by atoms with Crippen LogP contribution in [0.3, 0.4) is 0 Å². The Kier molecular flexibility index (Phi) is 4.46. The molecule has 1 saturated carbocycles. The van der Waals surface area contributed by atoms with Crippen LogP contribution in [-0.4, -0.2) is 15.0 Å². The third kappa shape index (κ3) is 2.87. The van der Waals surface area contributed by atoms with Gasteiger partial charge in [0.25, 0.3) is 0 Å². The lowest BCUT2D eigenvalue weighted by molar-refractivity contribution is 0.0936. The first-order chi connectivity index (χ1) is 10.7. The molecule has 4 nitrogen and oxygen atoms in total. The van der Waals surface area contributed by atoms with Gasteiger partial charge in [0.1, 0.15) is 0 Å². The van der Waals surface area contributed by atoms with Crippen LogP contribution in [0.15, 0.2) is 29.1 Å². The molecular weight excluding hydrogens is 276 g/mol. The zero-order chi connectivity index (χ0) is 15.5. The van der Waals surface area contributed by atoms with Gasteiger partial charge in [0.2, 0.25) is 5.91 Å². The number of nitrogens with zero attached hydrogens (tertiary/aromatic N) is 2. The van der Waals surface area contributed by atoms with E-state index in [1.54, 1.807) is 0 Å². The lowest BCUT2D eigenvalue weighted by atomic mass is 9.91. The summed E-state index contributed by atoms with van der Waals surface area (Å²) in [4.78, 5) is 24.5. The average Bonchev–Trinajstić information content (AvgIpc) is 2.74. The summed E-state index contributed by atoms with van der Waals surface area (Å²) in [6.07, 6.45) is 8.84. The molecule has 0 N–H and O–H groups in total. The van der Waals surface area contributed by atoms with Crippen molar-refractivity contribution in [1.29, 1.82) is 0 Å². The highest BCUT2D eigenvalue weighted by molar-refractivity contribution is 5.89. The summed E-state index contributed by atoms with van der Waals surface area (Å²) >= 11 is 0. The fourth-order valence-electron chi connectivity index (χ4n) is 3.67. The van der Waals surface area contributed by atoms with Crippen molar-refractivity contribution < 1.29 is 4.79 Å². The Balaban J connectivity index is 1.97. The first kappa shape index (κ1) is 15.1. The van der Waals surface area contributed by atoms with E-state index in [1.165, 1.54) is 56.4 Å². The molecule has 1 aliphatic rings. The molecule has 1 aliphatic carbocycles. The fourth-order valence-corrected chi connectivity index (χ4v) is 3.67. The molecule has 1 fully saturated rings. The van der Waals surface area contributed by atoms with Gasteiger partial charge in [0.15, 0.2) is 0 Å². The zero-order valence-electron chi connectivity index (χ0n) is 13.3. The monoisotopic (exact) mass is 300 g/mol. The van der Waals surface area contributed by atoms with Crippen LogP contribution >= 0.6 is 0 Å². The Morgan fingerprint density at radius 3 is 2.27 bits per heavy atom. The highest BCUT2D eigenvalue weighted by atomic mass is 16.2. The summed E-state index contributed by atoms with van der Waals surface area (Å²) in [6.45, 7) is 2.19. The number of rotatable bonds is 2. The molecule has 0 radical (unpaired) electrons. The first-order valence-electron chi connectivity index (χ1n) is 8.39. The summed E-state index contributed by atoms with van der Waals surface area (Å²) in [5.41, 5.74) is 1.42. The van der Waals surface area contributed by atoms with E-state index in [-0.39, 0.29) is 11.6 Å². The van der Waals surface area contributed by atoms with Crippen LogP contribution in [0, 0.1) is 5.92 Å². The number of carbonyl (C=O) groups excluding carboxylic acids is 1. The van der Waals surface area contributed by atoms with E-state index in [0.717, 1.165) is 17.6 Å². The van der Waals surface area contributed by atoms with Gasteiger partial charge in [0, 0.05) is 13.5 Å². The number of fused-ring (bicyclic) bond motifs is 1. The lowest BCUT2D eigenvalue weighted by Crippen LogP contribution is -2.29. The van der Waals surface area contributed by atoms with Crippen molar-refractivity contribution in [2.24, 2.45) is 5.92 Å². The molecule has 0 bridgehead atoms. The van der Waals surface area contributed by atoms with E-state index in [9.17, 15) is 9.59 Å². The summed E-state index contributed by atoms with van der Waals surface area (Å²) in [6, 6.07) is 7.61. The van der Waals surface area contributed by atoms with Crippen molar-refractivity contribution in [2.45, 2.75) is 58.4 Å². The Hall–Kier alpha value is -1.84. The van der Waals surface area contributed by atoms with Crippen LogP contribution in [0.4, 0.5) is 0 Å². The molecule has 0 unspecified atom stereocenters. The minimum absolute atomic E-state index is 0.184. The zero-order valence-corrected chi connectivity index (χ0v) is 13.3. The Morgan fingerprint density at radius 1 is 1.05 bits per heavy atom. The minimum Gasteiger partial charge on any atom is -0.291 e. The van der Waals surface area contributed by atoms with Gasteiger partial charge in [-0.2, -0.15) is 0 Å². The predicted octanol–water partition coefficient (Wildman–Crippen LogP) is 3.82. The fraction of sp³-hybridized carbons (Fsp3) is 0.556. The van der Waals surface area contributed by atoms with Crippen molar-refractivity contribution >= 4 is 16.9 Å². The SMILES string of the molecule is CC(=O)n1c(=O)n(CC2CCCCCCC2)c2ccccc21. The second-order valence-electron chi connectivity index (χ2n) is 6.45. The maximum absolute atomic E-state index is 12.7. The third-order valence-corrected chi connectivity index (χ3v) is 4.82. The van der Waals surface area contributed by atoms with Crippen molar-refractivity contribution in [3.05, 3.63) is 34.7 Å². The Labute approximate surface area is 130 Å². The molecule has 3 rings (SSSR count). The molecule has 0 atom stereocenters. The lowest BCUT2D eigenvalue weighted by Gasteiger charge is -2.20. The molecule has 0 aliphatic heterocycles. The van der Waals surface area contributed by atoms with Gasteiger partial charge in [-0.1, -0.05) is 44.2 Å². The van der Waals surface area contributed by atoms with Crippen LogP contribution < -0.4 is 5.69 Å². The maximum Gasteiger partial charge on any atom is 0.335 e. The molecular formula is C18H24N2O2. The molecule has 22 heavy (non-hydrogen) atoms. The predicted molar refractivity (Wildman–Crippen MR) is 88.3 cm³/mol. The van der Waals surface area contributed by atoms with Crippen LogP contribution in [0.2, 0.25) is 0 Å². The van der Waals surface area contributed by atoms with Gasteiger partial charge in [-0.15, -0.1) is 0 Å². The topological polar surface area (TPSA) is 44.0 Å². The van der Waals surface area contributed by atoms with Gasteiger partial charge in [-0.05, 0) is 30.9 Å². The van der Waals surface area contributed by atoms with Gasteiger partial charge < -0.3 is 0 Å². The Bertz CT molecular complexity index is 718. The molecule has 4 heteroatoms. The molecule has 1 heterocycles. The van der Waals surface area contributed by atoms with Crippen LogP contribution in [0.25, 0.3) is 11.0 Å². The first-order valence-corrected chi connectivity index (χ1v) is 8.39. The van der Waals surface area contributed by atoms with Crippen molar-refractivity contribution in [3.8, 4) is 0 Å². The Morgan fingerprint density at radius 2 is 1.64 bits per heavy atom. The van der Waals surface area contributed by atoms with Gasteiger partial charge >= 0.3 is 5.69 Å². The maximum atomic E-state index is 12.7. The second-order valence-corrected chi connectivity index (χ2v) is 6.45. The average molecular weight is 300 g/mol. The van der Waals surface area contributed by atoms with E-state index < -0.39 is 0 Å². The van der Waals surface area contributed by atoms with E-state index in [1.807, 2.05) is 28.8 Å². The van der Waals surface area contributed by atoms with E-state index in [0.29, 0.717) is 5.92 Å².